The number of amides is 1. The number of aromatic nitrogens is 4. The van der Waals surface area contributed by atoms with Gasteiger partial charge in [0.15, 0.2) is 5.82 Å². The van der Waals surface area contributed by atoms with Gasteiger partial charge in [-0.05, 0) is 54.5 Å². The zero-order chi connectivity index (χ0) is 14.7. The van der Waals surface area contributed by atoms with Crippen LogP contribution in [0, 0.1) is 6.92 Å². The predicted molar refractivity (Wildman–Crippen MR) is 78.2 cm³/mol. The third kappa shape index (κ3) is 3.09. The van der Waals surface area contributed by atoms with E-state index in [-0.39, 0.29) is 5.91 Å². The van der Waals surface area contributed by atoms with Crippen LogP contribution in [0.4, 0.5) is 0 Å². The minimum Gasteiger partial charge on any atom is -0.349 e. The molecule has 1 aliphatic carbocycles. The first-order valence-electron chi connectivity index (χ1n) is 7.40. The summed E-state index contributed by atoms with van der Waals surface area (Å²) in [5, 5.41) is 14.5. The lowest BCUT2D eigenvalue weighted by molar-refractivity contribution is 0.0927. The number of hydrogen-bond donors (Lipinski definition) is 1. The number of hydrogen-bond acceptors (Lipinski definition) is 4. The summed E-state index contributed by atoms with van der Waals surface area (Å²) in [4.78, 5) is 12.2. The fraction of sp³-hybridized carbons (Fsp3) is 0.467. The topological polar surface area (TPSA) is 72.7 Å². The van der Waals surface area contributed by atoms with Crippen molar-refractivity contribution >= 4 is 5.91 Å². The molecule has 21 heavy (non-hydrogen) atoms. The molecular formula is C15H19N5O. The maximum absolute atomic E-state index is 12.2. The Bertz CT molecular complexity index is 613. The Morgan fingerprint density at radius 2 is 1.90 bits per heavy atom. The molecule has 0 radical (unpaired) electrons. The molecule has 0 atom stereocenters. The largest absolute Gasteiger partial charge is 0.349 e. The van der Waals surface area contributed by atoms with Gasteiger partial charge in [-0.2, -0.15) is 4.68 Å². The van der Waals surface area contributed by atoms with Gasteiger partial charge in [0.25, 0.3) is 5.91 Å². The Morgan fingerprint density at radius 1 is 1.19 bits per heavy atom. The van der Waals surface area contributed by atoms with Gasteiger partial charge in [-0.25, -0.2) is 0 Å². The first-order chi connectivity index (χ1) is 10.2. The second kappa shape index (κ2) is 6.03. The summed E-state index contributed by atoms with van der Waals surface area (Å²) in [5.41, 5.74) is 1.53. The number of carbonyl (C=O) groups is 1. The summed E-state index contributed by atoms with van der Waals surface area (Å²) in [5.74, 6) is 0.719. The summed E-state index contributed by atoms with van der Waals surface area (Å²) < 4.78 is 1.64. The molecule has 1 aliphatic rings. The Balaban J connectivity index is 1.69. The molecule has 1 N–H and O–H groups in total. The smallest absolute Gasteiger partial charge is 0.251 e. The fourth-order valence-corrected chi connectivity index (χ4v) is 2.74. The zero-order valence-corrected chi connectivity index (χ0v) is 12.1. The Kier molecular flexibility index (Phi) is 3.94. The number of tetrazole rings is 1. The van der Waals surface area contributed by atoms with Crippen molar-refractivity contribution < 1.29 is 4.79 Å². The monoisotopic (exact) mass is 285 g/mol. The van der Waals surface area contributed by atoms with E-state index in [4.69, 9.17) is 0 Å². The average Bonchev–Trinajstić information content (AvgIpc) is 2.94. The number of nitrogens with zero attached hydrogens (tertiary/aromatic N) is 4. The molecule has 1 aromatic carbocycles. The van der Waals surface area contributed by atoms with Crippen molar-refractivity contribution in [2.24, 2.45) is 0 Å². The van der Waals surface area contributed by atoms with Crippen molar-refractivity contribution in [3.63, 3.8) is 0 Å². The number of nitrogens with one attached hydrogen (secondary N) is 1. The van der Waals surface area contributed by atoms with Gasteiger partial charge in [0.2, 0.25) is 0 Å². The molecule has 1 fully saturated rings. The summed E-state index contributed by atoms with van der Waals surface area (Å²) >= 11 is 0. The van der Waals surface area contributed by atoms with Crippen LogP contribution in [0.1, 0.15) is 48.3 Å². The highest BCUT2D eigenvalue weighted by molar-refractivity contribution is 5.94. The lowest BCUT2D eigenvalue weighted by Gasteiger charge is -2.22. The zero-order valence-electron chi connectivity index (χ0n) is 12.1. The molecule has 2 aromatic rings. The highest BCUT2D eigenvalue weighted by atomic mass is 16.1. The van der Waals surface area contributed by atoms with Gasteiger partial charge in [-0.3, -0.25) is 4.79 Å². The van der Waals surface area contributed by atoms with Gasteiger partial charge in [0, 0.05) is 11.6 Å². The van der Waals surface area contributed by atoms with Crippen molar-refractivity contribution in [2.75, 3.05) is 0 Å². The number of aryl methyl sites for hydroxylation is 1. The molecule has 110 valence electrons. The van der Waals surface area contributed by atoms with E-state index >= 15 is 0 Å². The minimum absolute atomic E-state index is 0.00175. The van der Waals surface area contributed by atoms with Gasteiger partial charge in [-0.1, -0.05) is 19.3 Å². The van der Waals surface area contributed by atoms with Crippen molar-refractivity contribution in [2.45, 2.75) is 45.1 Å². The molecule has 1 amide bonds. The van der Waals surface area contributed by atoms with Crippen LogP contribution in [0.15, 0.2) is 24.3 Å². The maximum Gasteiger partial charge on any atom is 0.251 e. The minimum atomic E-state index is 0.00175. The number of benzene rings is 1. The van der Waals surface area contributed by atoms with Crippen molar-refractivity contribution in [1.29, 1.82) is 0 Å². The quantitative estimate of drug-likeness (QED) is 0.936. The summed E-state index contributed by atoms with van der Waals surface area (Å²) in [6.07, 6.45) is 5.89. The van der Waals surface area contributed by atoms with Crippen LogP contribution in [0.25, 0.3) is 5.69 Å². The summed E-state index contributed by atoms with van der Waals surface area (Å²) in [7, 11) is 0. The van der Waals surface area contributed by atoms with Crippen LogP contribution >= 0.6 is 0 Å². The first kappa shape index (κ1) is 13.7. The first-order valence-corrected chi connectivity index (χ1v) is 7.40. The SMILES string of the molecule is Cc1nnnn1-c1ccc(C(=O)NC2CCCCC2)cc1. The Hall–Kier alpha value is -2.24. The van der Waals surface area contributed by atoms with Crippen LogP contribution in [-0.2, 0) is 0 Å². The molecule has 0 bridgehead atoms. The third-order valence-electron chi connectivity index (χ3n) is 3.94. The molecule has 1 heterocycles. The van der Waals surface area contributed by atoms with E-state index in [1.165, 1.54) is 19.3 Å². The van der Waals surface area contributed by atoms with Crippen molar-refractivity contribution in [1.82, 2.24) is 25.5 Å². The summed E-state index contributed by atoms with van der Waals surface area (Å²) in [6, 6.07) is 7.68. The molecule has 0 unspecified atom stereocenters. The van der Waals surface area contributed by atoms with E-state index in [0.29, 0.717) is 11.6 Å². The molecule has 6 heteroatoms. The third-order valence-corrected chi connectivity index (χ3v) is 3.94. The molecule has 1 saturated carbocycles. The van der Waals surface area contributed by atoms with Gasteiger partial charge < -0.3 is 5.32 Å². The van der Waals surface area contributed by atoms with Gasteiger partial charge in [-0.15, -0.1) is 5.10 Å². The van der Waals surface area contributed by atoms with Crippen LogP contribution in [0.5, 0.6) is 0 Å². The molecular weight excluding hydrogens is 266 g/mol. The van der Waals surface area contributed by atoms with E-state index in [1.807, 2.05) is 31.2 Å². The number of carbonyl (C=O) groups excluding carboxylic acids is 1. The Morgan fingerprint density at radius 3 is 2.52 bits per heavy atom. The average molecular weight is 285 g/mol. The van der Waals surface area contributed by atoms with Crippen LogP contribution in [-0.4, -0.2) is 32.2 Å². The predicted octanol–water partition coefficient (Wildman–Crippen LogP) is 2.03. The second-order valence-corrected chi connectivity index (χ2v) is 5.49. The van der Waals surface area contributed by atoms with Gasteiger partial charge in [0.1, 0.15) is 0 Å². The van der Waals surface area contributed by atoms with Gasteiger partial charge >= 0.3 is 0 Å². The maximum atomic E-state index is 12.2. The normalized spacial score (nSPS) is 15.9. The van der Waals surface area contributed by atoms with E-state index < -0.39 is 0 Å². The standard InChI is InChI=1S/C15H19N5O/c1-11-17-18-19-20(11)14-9-7-12(8-10-14)15(21)16-13-5-3-2-4-6-13/h7-10,13H,2-6H2,1H3,(H,16,21). The molecule has 0 spiro atoms. The van der Waals surface area contributed by atoms with E-state index in [9.17, 15) is 4.79 Å². The van der Waals surface area contributed by atoms with Crippen molar-refractivity contribution in [3.05, 3.63) is 35.7 Å². The molecule has 1 aromatic heterocycles. The molecule has 3 rings (SSSR count). The van der Waals surface area contributed by atoms with Crippen LogP contribution < -0.4 is 5.32 Å². The van der Waals surface area contributed by atoms with Crippen molar-refractivity contribution in [3.8, 4) is 5.69 Å². The Labute approximate surface area is 123 Å². The molecule has 0 aliphatic heterocycles. The van der Waals surface area contributed by atoms with Crippen LogP contribution in [0.2, 0.25) is 0 Å². The highest BCUT2D eigenvalue weighted by Gasteiger charge is 2.16. The fourth-order valence-electron chi connectivity index (χ4n) is 2.74. The van der Waals surface area contributed by atoms with E-state index in [2.05, 4.69) is 20.8 Å². The van der Waals surface area contributed by atoms with E-state index in [0.717, 1.165) is 24.4 Å². The summed E-state index contributed by atoms with van der Waals surface area (Å²) in [6.45, 7) is 1.84. The van der Waals surface area contributed by atoms with Crippen LogP contribution in [0.3, 0.4) is 0 Å². The highest BCUT2D eigenvalue weighted by Crippen LogP contribution is 2.18. The number of rotatable bonds is 3. The molecule has 6 nitrogen and oxygen atoms in total. The van der Waals surface area contributed by atoms with Gasteiger partial charge in [0.05, 0.1) is 5.69 Å². The second-order valence-electron chi connectivity index (χ2n) is 5.49. The van der Waals surface area contributed by atoms with E-state index in [1.54, 1.807) is 4.68 Å². The lowest BCUT2D eigenvalue weighted by atomic mass is 9.95. The lowest BCUT2D eigenvalue weighted by Crippen LogP contribution is -2.36. The molecule has 0 saturated heterocycles.